The van der Waals surface area contributed by atoms with E-state index in [9.17, 15) is 9.18 Å². The average molecular weight is 445 g/mol. The lowest BCUT2D eigenvalue weighted by molar-refractivity contribution is 0.0949. The summed E-state index contributed by atoms with van der Waals surface area (Å²) in [6.07, 6.45) is 3.38. The standard InChI is InChI=1S/C23H25FN4O2.ClH/c1-30-21-8-3-2-5-17(21)14-26-23(29)20-15-27-28(19-7-4-6-18(24)13-19)22(20)16-9-11-25-12-10-16;/h2-8,13,15-16,25H,9-12,14H2,1H3,(H,26,29);1H. The monoisotopic (exact) mass is 444 g/mol. The number of nitrogens with one attached hydrogen (secondary N) is 2. The van der Waals surface area contributed by atoms with E-state index < -0.39 is 0 Å². The Bertz CT molecular complexity index is 1030. The lowest BCUT2D eigenvalue weighted by atomic mass is 9.91. The Morgan fingerprint density at radius 1 is 1.23 bits per heavy atom. The van der Waals surface area contributed by atoms with Gasteiger partial charge in [0, 0.05) is 18.0 Å². The molecule has 0 atom stereocenters. The van der Waals surface area contributed by atoms with Crippen molar-refractivity contribution in [3.63, 3.8) is 0 Å². The van der Waals surface area contributed by atoms with Crippen molar-refractivity contribution in [3.05, 3.63) is 77.4 Å². The number of amides is 1. The van der Waals surface area contributed by atoms with Gasteiger partial charge in [-0.1, -0.05) is 24.3 Å². The highest BCUT2D eigenvalue weighted by atomic mass is 35.5. The van der Waals surface area contributed by atoms with Gasteiger partial charge in [-0.15, -0.1) is 12.4 Å². The number of ether oxygens (including phenoxy) is 1. The van der Waals surface area contributed by atoms with Gasteiger partial charge >= 0.3 is 0 Å². The van der Waals surface area contributed by atoms with Crippen LogP contribution in [0.15, 0.2) is 54.7 Å². The molecular formula is C23H26ClFN4O2. The van der Waals surface area contributed by atoms with E-state index in [2.05, 4.69) is 15.7 Å². The molecule has 0 radical (unpaired) electrons. The molecule has 164 valence electrons. The number of hydrogen-bond acceptors (Lipinski definition) is 4. The third-order valence-corrected chi connectivity index (χ3v) is 5.46. The smallest absolute Gasteiger partial charge is 0.255 e. The number of para-hydroxylation sites is 1. The molecule has 2 N–H and O–H groups in total. The number of carbonyl (C=O) groups excluding carboxylic acids is 1. The van der Waals surface area contributed by atoms with Crippen LogP contribution in [-0.2, 0) is 6.54 Å². The van der Waals surface area contributed by atoms with Crippen LogP contribution in [0.3, 0.4) is 0 Å². The first-order chi connectivity index (χ1) is 14.7. The molecule has 3 aromatic rings. The van der Waals surface area contributed by atoms with Crippen LogP contribution in [0.1, 0.15) is 40.4 Å². The van der Waals surface area contributed by atoms with E-state index in [1.165, 1.54) is 12.1 Å². The van der Waals surface area contributed by atoms with Gasteiger partial charge in [0.15, 0.2) is 0 Å². The largest absolute Gasteiger partial charge is 0.496 e. The highest BCUT2D eigenvalue weighted by Crippen LogP contribution is 2.30. The number of methoxy groups -OCH3 is 1. The van der Waals surface area contributed by atoms with Crippen molar-refractivity contribution in [1.82, 2.24) is 20.4 Å². The molecule has 0 unspecified atom stereocenters. The first kappa shape index (κ1) is 22.8. The predicted octanol–water partition coefficient (Wildman–Crippen LogP) is 3.84. The lowest BCUT2D eigenvalue weighted by Gasteiger charge is -2.24. The van der Waals surface area contributed by atoms with Gasteiger partial charge in [0.2, 0.25) is 0 Å². The molecule has 1 aliphatic heterocycles. The molecule has 0 saturated carbocycles. The van der Waals surface area contributed by atoms with E-state index >= 15 is 0 Å². The van der Waals surface area contributed by atoms with E-state index in [1.807, 2.05) is 24.3 Å². The highest BCUT2D eigenvalue weighted by Gasteiger charge is 2.27. The Labute approximate surface area is 187 Å². The Balaban J connectivity index is 0.00000272. The van der Waals surface area contributed by atoms with Crippen molar-refractivity contribution in [2.24, 2.45) is 0 Å². The van der Waals surface area contributed by atoms with Crippen molar-refractivity contribution in [2.45, 2.75) is 25.3 Å². The first-order valence-electron chi connectivity index (χ1n) is 10.1. The molecule has 8 heteroatoms. The Kier molecular flexibility index (Phi) is 7.65. The van der Waals surface area contributed by atoms with E-state index in [4.69, 9.17) is 4.74 Å². The third kappa shape index (κ3) is 5.06. The molecule has 1 aromatic heterocycles. The SMILES string of the molecule is COc1ccccc1CNC(=O)c1cnn(-c2cccc(F)c2)c1C1CCNCC1.Cl. The molecule has 1 fully saturated rings. The van der Waals surface area contributed by atoms with Crippen LogP contribution in [0.4, 0.5) is 4.39 Å². The summed E-state index contributed by atoms with van der Waals surface area (Å²) in [6.45, 7) is 2.10. The van der Waals surface area contributed by atoms with Crippen LogP contribution in [-0.4, -0.2) is 35.9 Å². The minimum absolute atomic E-state index is 0. The molecule has 2 aromatic carbocycles. The fraction of sp³-hybridized carbons (Fsp3) is 0.304. The van der Waals surface area contributed by atoms with Gasteiger partial charge in [-0.3, -0.25) is 4.79 Å². The summed E-state index contributed by atoms with van der Waals surface area (Å²) < 4.78 is 20.9. The van der Waals surface area contributed by atoms with Gasteiger partial charge in [-0.05, 0) is 50.2 Å². The molecule has 1 saturated heterocycles. The van der Waals surface area contributed by atoms with E-state index in [1.54, 1.807) is 30.1 Å². The van der Waals surface area contributed by atoms with Gasteiger partial charge in [0.25, 0.3) is 5.91 Å². The third-order valence-electron chi connectivity index (χ3n) is 5.46. The Hall–Kier alpha value is -2.90. The zero-order valence-electron chi connectivity index (χ0n) is 17.3. The summed E-state index contributed by atoms with van der Waals surface area (Å²) >= 11 is 0. The highest BCUT2D eigenvalue weighted by molar-refractivity contribution is 5.95. The van der Waals surface area contributed by atoms with Crippen molar-refractivity contribution < 1.29 is 13.9 Å². The van der Waals surface area contributed by atoms with E-state index in [-0.39, 0.29) is 30.0 Å². The fourth-order valence-corrected chi connectivity index (χ4v) is 3.95. The zero-order valence-corrected chi connectivity index (χ0v) is 18.1. The normalized spacial score (nSPS) is 14.0. The lowest BCUT2D eigenvalue weighted by Crippen LogP contribution is -2.30. The Morgan fingerprint density at radius 3 is 2.74 bits per heavy atom. The molecule has 31 heavy (non-hydrogen) atoms. The first-order valence-corrected chi connectivity index (χ1v) is 10.1. The van der Waals surface area contributed by atoms with Crippen LogP contribution in [0.5, 0.6) is 5.75 Å². The van der Waals surface area contributed by atoms with Crippen molar-refractivity contribution in [2.75, 3.05) is 20.2 Å². The van der Waals surface area contributed by atoms with E-state index in [0.29, 0.717) is 17.8 Å². The summed E-state index contributed by atoms with van der Waals surface area (Å²) in [5.41, 5.74) is 2.88. The van der Waals surface area contributed by atoms with Gasteiger partial charge in [-0.2, -0.15) is 5.10 Å². The molecular weight excluding hydrogens is 419 g/mol. The van der Waals surface area contributed by atoms with Crippen LogP contribution in [0.2, 0.25) is 0 Å². The molecule has 1 aliphatic rings. The fourth-order valence-electron chi connectivity index (χ4n) is 3.95. The van der Waals surface area contributed by atoms with Gasteiger partial charge in [0.1, 0.15) is 11.6 Å². The molecule has 0 spiro atoms. The minimum atomic E-state index is -0.332. The van der Waals surface area contributed by atoms with Gasteiger partial charge in [-0.25, -0.2) is 9.07 Å². The number of carbonyl (C=O) groups is 1. The zero-order chi connectivity index (χ0) is 20.9. The second-order valence-corrected chi connectivity index (χ2v) is 7.35. The maximum atomic E-state index is 13.8. The minimum Gasteiger partial charge on any atom is -0.496 e. The van der Waals surface area contributed by atoms with Crippen LogP contribution < -0.4 is 15.4 Å². The number of aromatic nitrogens is 2. The second kappa shape index (κ2) is 10.4. The second-order valence-electron chi connectivity index (χ2n) is 7.35. The molecule has 0 bridgehead atoms. The summed E-state index contributed by atoms with van der Waals surface area (Å²) in [6, 6.07) is 13.9. The number of benzene rings is 2. The quantitative estimate of drug-likeness (QED) is 0.606. The Morgan fingerprint density at radius 2 is 2.00 bits per heavy atom. The summed E-state index contributed by atoms with van der Waals surface area (Å²) in [5.74, 6) is 0.370. The van der Waals surface area contributed by atoms with Crippen molar-refractivity contribution in [1.29, 1.82) is 0 Å². The average Bonchev–Trinajstić information content (AvgIpc) is 3.23. The van der Waals surface area contributed by atoms with Crippen LogP contribution in [0, 0.1) is 5.82 Å². The van der Waals surface area contributed by atoms with Crippen molar-refractivity contribution >= 4 is 18.3 Å². The van der Waals surface area contributed by atoms with Crippen LogP contribution in [0.25, 0.3) is 5.69 Å². The molecule has 6 nitrogen and oxygen atoms in total. The maximum absolute atomic E-state index is 13.8. The number of rotatable bonds is 6. The number of halogens is 2. The number of nitrogens with zero attached hydrogens (tertiary/aromatic N) is 2. The topological polar surface area (TPSA) is 68.2 Å². The molecule has 2 heterocycles. The number of hydrogen-bond donors (Lipinski definition) is 2. The van der Waals surface area contributed by atoms with Crippen molar-refractivity contribution in [3.8, 4) is 11.4 Å². The predicted molar refractivity (Wildman–Crippen MR) is 120 cm³/mol. The summed E-state index contributed by atoms with van der Waals surface area (Å²) in [7, 11) is 1.61. The molecule has 4 rings (SSSR count). The molecule has 0 aliphatic carbocycles. The maximum Gasteiger partial charge on any atom is 0.255 e. The van der Waals surface area contributed by atoms with E-state index in [0.717, 1.165) is 42.9 Å². The van der Waals surface area contributed by atoms with Crippen LogP contribution >= 0.6 is 12.4 Å². The molecule has 1 amide bonds. The van der Waals surface area contributed by atoms with Gasteiger partial charge in [0.05, 0.1) is 30.3 Å². The summed E-state index contributed by atoms with van der Waals surface area (Å²) in [4.78, 5) is 13.1. The van der Waals surface area contributed by atoms with Gasteiger partial charge < -0.3 is 15.4 Å². The summed E-state index contributed by atoms with van der Waals surface area (Å²) in [5, 5.41) is 10.8. The number of piperidine rings is 1.